The molecule has 0 amide bonds. The number of carbonyl (C=O) groups excluding carboxylic acids is 1. The summed E-state index contributed by atoms with van der Waals surface area (Å²) in [4.78, 5) is 12.4. The molecule has 1 saturated carbocycles. The standard InChI is InChI=1S/C20H36O8/c1-12-18(24)19(25)17(11-22)28-20(12)27-7-5-3-4-6-16(23)15-9-14(26-2)8-13(15)10-21/h12-15,17-22,24-25H,3-11H2,1-2H3/t12?,13-,14+,15?,17?,18+,19-,20+/m0/s1. The number of carbonyl (C=O) groups is 1. The minimum absolute atomic E-state index is 0.00645. The number of unbranched alkanes of at least 4 members (excludes halogenated alkanes) is 2. The van der Waals surface area contributed by atoms with Crippen molar-refractivity contribution in [1.29, 1.82) is 0 Å². The van der Waals surface area contributed by atoms with Gasteiger partial charge in [-0.3, -0.25) is 4.79 Å². The second kappa shape index (κ2) is 11.5. The lowest BCUT2D eigenvalue weighted by Crippen LogP contribution is -2.55. The summed E-state index contributed by atoms with van der Waals surface area (Å²) in [7, 11) is 1.64. The van der Waals surface area contributed by atoms with Crippen LogP contribution < -0.4 is 0 Å². The first-order chi connectivity index (χ1) is 13.4. The van der Waals surface area contributed by atoms with E-state index in [1.807, 2.05) is 0 Å². The SMILES string of the molecule is CO[C@H]1CC(C(=O)CCCCCO[C@@H]2OC(CO)[C@H](O)[C@H](O)C2C)[C@H](CO)C1. The number of rotatable bonds is 11. The maximum atomic E-state index is 12.4. The van der Waals surface area contributed by atoms with Gasteiger partial charge in [-0.2, -0.15) is 0 Å². The van der Waals surface area contributed by atoms with E-state index in [4.69, 9.17) is 14.2 Å². The summed E-state index contributed by atoms with van der Waals surface area (Å²) >= 11 is 0. The molecule has 8 atom stereocenters. The number of Topliss-reactive ketones (excluding diaryl/α,β-unsaturated/α-hetero) is 1. The molecule has 2 rings (SSSR count). The highest BCUT2D eigenvalue weighted by atomic mass is 16.7. The largest absolute Gasteiger partial charge is 0.396 e. The van der Waals surface area contributed by atoms with Crippen molar-refractivity contribution < 1.29 is 39.4 Å². The van der Waals surface area contributed by atoms with Gasteiger partial charge in [-0.15, -0.1) is 0 Å². The number of ketones is 1. The van der Waals surface area contributed by atoms with Crippen molar-refractivity contribution in [3.8, 4) is 0 Å². The van der Waals surface area contributed by atoms with Gasteiger partial charge in [0, 0.05) is 38.6 Å². The molecule has 0 aromatic rings. The molecule has 4 N–H and O–H groups in total. The average molecular weight is 405 g/mol. The van der Waals surface area contributed by atoms with Crippen LogP contribution in [0, 0.1) is 17.8 Å². The first kappa shape index (κ1) is 23.7. The third-order valence-electron chi connectivity index (χ3n) is 6.17. The van der Waals surface area contributed by atoms with Crippen LogP contribution in [0.4, 0.5) is 0 Å². The van der Waals surface area contributed by atoms with E-state index in [2.05, 4.69) is 0 Å². The zero-order chi connectivity index (χ0) is 20.7. The molecule has 2 aliphatic rings. The first-order valence-electron chi connectivity index (χ1n) is 10.3. The summed E-state index contributed by atoms with van der Waals surface area (Å²) in [6.45, 7) is 1.79. The van der Waals surface area contributed by atoms with Crippen LogP contribution in [0.2, 0.25) is 0 Å². The van der Waals surface area contributed by atoms with Crippen molar-refractivity contribution in [2.24, 2.45) is 17.8 Å². The van der Waals surface area contributed by atoms with Crippen LogP contribution in [0.1, 0.15) is 45.4 Å². The Morgan fingerprint density at radius 1 is 1.07 bits per heavy atom. The Morgan fingerprint density at radius 3 is 2.46 bits per heavy atom. The zero-order valence-electron chi connectivity index (χ0n) is 16.9. The molecule has 0 spiro atoms. The number of aliphatic hydroxyl groups excluding tert-OH is 4. The summed E-state index contributed by atoms with van der Waals surface area (Å²) in [5, 5.41) is 38.5. The molecule has 0 radical (unpaired) electrons. The third kappa shape index (κ3) is 5.95. The quantitative estimate of drug-likeness (QED) is 0.361. The number of ether oxygens (including phenoxy) is 3. The number of methoxy groups -OCH3 is 1. The van der Waals surface area contributed by atoms with E-state index in [0.717, 1.165) is 25.7 Å². The fourth-order valence-electron chi connectivity index (χ4n) is 4.24. The van der Waals surface area contributed by atoms with E-state index in [1.165, 1.54) is 0 Å². The summed E-state index contributed by atoms with van der Waals surface area (Å²) in [6.07, 6.45) is 0.672. The lowest BCUT2D eigenvalue weighted by Gasteiger charge is -2.40. The van der Waals surface area contributed by atoms with Gasteiger partial charge in [-0.05, 0) is 31.6 Å². The van der Waals surface area contributed by atoms with Crippen LogP contribution >= 0.6 is 0 Å². The number of hydrogen-bond donors (Lipinski definition) is 4. The van der Waals surface area contributed by atoms with Crippen LogP contribution in [0.5, 0.6) is 0 Å². The summed E-state index contributed by atoms with van der Waals surface area (Å²) in [6, 6.07) is 0. The van der Waals surface area contributed by atoms with Gasteiger partial charge in [0.05, 0.1) is 18.8 Å². The van der Waals surface area contributed by atoms with Gasteiger partial charge < -0.3 is 34.6 Å². The number of hydrogen-bond acceptors (Lipinski definition) is 8. The van der Waals surface area contributed by atoms with Crippen molar-refractivity contribution in [3.05, 3.63) is 0 Å². The van der Waals surface area contributed by atoms with Crippen molar-refractivity contribution >= 4 is 5.78 Å². The predicted molar refractivity (Wildman–Crippen MR) is 100 cm³/mol. The highest BCUT2D eigenvalue weighted by Gasteiger charge is 2.42. The van der Waals surface area contributed by atoms with E-state index in [0.29, 0.717) is 19.4 Å². The molecular weight excluding hydrogens is 368 g/mol. The van der Waals surface area contributed by atoms with Crippen LogP contribution in [0.25, 0.3) is 0 Å². The van der Waals surface area contributed by atoms with Gasteiger partial charge in [0.15, 0.2) is 6.29 Å². The van der Waals surface area contributed by atoms with Crippen LogP contribution in [0.15, 0.2) is 0 Å². The fourth-order valence-corrected chi connectivity index (χ4v) is 4.24. The van der Waals surface area contributed by atoms with Gasteiger partial charge in [0.1, 0.15) is 18.0 Å². The Labute approximate surface area is 166 Å². The normalized spacial score (nSPS) is 38.6. The van der Waals surface area contributed by atoms with E-state index < -0.39 is 30.5 Å². The molecule has 8 nitrogen and oxygen atoms in total. The summed E-state index contributed by atoms with van der Waals surface area (Å²) in [5.74, 6) is -0.296. The smallest absolute Gasteiger partial charge is 0.163 e. The Morgan fingerprint density at radius 2 is 1.82 bits per heavy atom. The van der Waals surface area contributed by atoms with Crippen molar-refractivity contribution in [3.63, 3.8) is 0 Å². The Balaban J connectivity index is 1.63. The molecule has 28 heavy (non-hydrogen) atoms. The average Bonchev–Trinajstić information content (AvgIpc) is 3.13. The van der Waals surface area contributed by atoms with E-state index in [-0.39, 0.29) is 36.9 Å². The fraction of sp³-hybridized carbons (Fsp3) is 0.950. The van der Waals surface area contributed by atoms with Crippen LogP contribution in [-0.2, 0) is 19.0 Å². The second-order valence-electron chi connectivity index (χ2n) is 8.09. The highest BCUT2D eigenvalue weighted by molar-refractivity contribution is 5.81. The lowest BCUT2D eigenvalue weighted by molar-refractivity contribution is -0.282. The molecule has 1 heterocycles. The van der Waals surface area contributed by atoms with Crippen molar-refractivity contribution in [2.75, 3.05) is 26.9 Å². The molecule has 0 aromatic heterocycles. The maximum absolute atomic E-state index is 12.4. The van der Waals surface area contributed by atoms with Gasteiger partial charge in [-0.25, -0.2) is 0 Å². The monoisotopic (exact) mass is 404 g/mol. The molecule has 0 bridgehead atoms. The van der Waals surface area contributed by atoms with Crippen molar-refractivity contribution in [1.82, 2.24) is 0 Å². The minimum atomic E-state index is -1.12. The molecule has 1 aliphatic heterocycles. The minimum Gasteiger partial charge on any atom is -0.396 e. The number of aliphatic hydroxyl groups is 4. The van der Waals surface area contributed by atoms with Gasteiger partial charge in [-0.1, -0.05) is 13.3 Å². The molecular formula is C20H36O8. The zero-order valence-corrected chi connectivity index (χ0v) is 16.9. The molecule has 3 unspecified atom stereocenters. The Bertz CT molecular complexity index is 471. The molecule has 1 saturated heterocycles. The summed E-state index contributed by atoms with van der Waals surface area (Å²) in [5.41, 5.74) is 0. The van der Waals surface area contributed by atoms with Crippen LogP contribution in [0.3, 0.4) is 0 Å². The molecule has 1 aliphatic carbocycles. The Kier molecular flexibility index (Phi) is 9.76. The van der Waals surface area contributed by atoms with Gasteiger partial charge in [0.2, 0.25) is 0 Å². The topological polar surface area (TPSA) is 126 Å². The Hall–Kier alpha value is -0.610. The predicted octanol–water partition coefficient (Wildman–Crippen LogP) is 0.241. The van der Waals surface area contributed by atoms with Crippen LogP contribution in [-0.4, -0.2) is 83.8 Å². The molecule has 0 aromatic carbocycles. The van der Waals surface area contributed by atoms with Gasteiger partial charge in [0.25, 0.3) is 0 Å². The molecule has 8 heteroatoms. The molecule has 164 valence electrons. The first-order valence-corrected chi connectivity index (χ1v) is 10.3. The summed E-state index contributed by atoms with van der Waals surface area (Å²) < 4.78 is 16.5. The van der Waals surface area contributed by atoms with E-state index in [1.54, 1.807) is 14.0 Å². The van der Waals surface area contributed by atoms with Gasteiger partial charge >= 0.3 is 0 Å². The third-order valence-corrected chi connectivity index (χ3v) is 6.17. The lowest BCUT2D eigenvalue weighted by atomic mass is 9.90. The molecule has 2 fully saturated rings. The maximum Gasteiger partial charge on any atom is 0.163 e. The second-order valence-corrected chi connectivity index (χ2v) is 8.09. The van der Waals surface area contributed by atoms with Crippen molar-refractivity contribution in [2.45, 2.75) is 76.2 Å². The van der Waals surface area contributed by atoms with E-state index in [9.17, 15) is 25.2 Å². The van der Waals surface area contributed by atoms with E-state index >= 15 is 0 Å². The highest BCUT2D eigenvalue weighted by Crippen LogP contribution is 2.35.